The SMILES string of the molecule is CCCc1nc(NC)c(C)c(NCCn2ccnn2)n1. The van der Waals surface area contributed by atoms with Crippen molar-refractivity contribution < 1.29 is 0 Å². The number of aromatic nitrogens is 5. The molecule has 0 amide bonds. The maximum atomic E-state index is 4.58. The van der Waals surface area contributed by atoms with Gasteiger partial charge in [0, 0.05) is 31.8 Å². The minimum atomic E-state index is 0.746. The molecule has 0 radical (unpaired) electrons. The Labute approximate surface area is 118 Å². The van der Waals surface area contributed by atoms with E-state index in [0.717, 1.165) is 49.0 Å². The quantitative estimate of drug-likeness (QED) is 0.796. The molecule has 0 saturated heterocycles. The van der Waals surface area contributed by atoms with Crippen molar-refractivity contribution in [1.82, 2.24) is 25.0 Å². The fraction of sp³-hybridized carbons (Fsp3) is 0.538. The molecule has 7 nitrogen and oxygen atoms in total. The standard InChI is InChI=1S/C13H21N7/c1-4-5-11-17-12(14-3)10(2)13(18-11)15-6-8-20-9-7-16-19-20/h7,9H,4-6,8H2,1-3H3,(H2,14,15,17,18). The summed E-state index contributed by atoms with van der Waals surface area (Å²) in [7, 11) is 1.88. The van der Waals surface area contributed by atoms with Crippen molar-refractivity contribution in [3.8, 4) is 0 Å². The molecule has 0 aromatic carbocycles. The topological polar surface area (TPSA) is 80.5 Å². The molecule has 0 atom stereocenters. The van der Waals surface area contributed by atoms with Gasteiger partial charge < -0.3 is 10.6 Å². The highest BCUT2D eigenvalue weighted by Crippen LogP contribution is 2.19. The summed E-state index contributed by atoms with van der Waals surface area (Å²) in [5.74, 6) is 2.63. The number of anilines is 2. The number of hydrogen-bond acceptors (Lipinski definition) is 6. The molecule has 20 heavy (non-hydrogen) atoms. The summed E-state index contributed by atoms with van der Waals surface area (Å²) in [6.07, 6.45) is 5.43. The van der Waals surface area contributed by atoms with Crippen molar-refractivity contribution in [2.24, 2.45) is 0 Å². The van der Waals surface area contributed by atoms with Gasteiger partial charge in [0.25, 0.3) is 0 Å². The van der Waals surface area contributed by atoms with Crippen LogP contribution in [0.15, 0.2) is 12.4 Å². The zero-order valence-corrected chi connectivity index (χ0v) is 12.2. The molecular formula is C13H21N7. The molecule has 0 bridgehead atoms. The minimum absolute atomic E-state index is 0.746. The third-order valence-electron chi connectivity index (χ3n) is 3.01. The van der Waals surface area contributed by atoms with Crippen LogP contribution in [0.25, 0.3) is 0 Å². The fourth-order valence-corrected chi connectivity index (χ4v) is 1.95. The van der Waals surface area contributed by atoms with Crippen LogP contribution in [0.5, 0.6) is 0 Å². The second-order valence-corrected chi connectivity index (χ2v) is 4.55. The average Bonchev–Trinajstić information content (AvgIpc) is 2.95. The average molecular weight is 275 g/mol. The maximum Gasteiger partial charge on any atom is 0.134 e. The predicted molar refractivity (Wildman–Crippen MR) is 78.8 cm³/mol. The molecule has 2 heterocycles. The van der Waals surface area contributed by atoms with Crippen molar-refractivity contribution in [3.05, 3.63) is 23.8 Å². The molecule has 0 aliphatic rings. The molecular weight excluding hydrogens is 254 g/mol. The van der Waals surface area contributed by atoms with E-state index in [1.807, 2.05) is 20.2 Å². The van der Waals surface area contributed by atoms with Gasteiger partial charge in [-0.05, 0) is 13.3 Å². The summed E-state index contributed by atoms with van der Waals surface area (Å²) in [6.45, 7) is 5.64. The van der Waals surface area contributed by atoms with Crippen molar-refractivity contribution >= 4 is 11.6 Å². The van der Waals surface area contributed by atoms with Gasteiger partial charge in [-0.25, -0.2) is 9.97 Å². The third kappa shape index (κ3) is 3.43. The summed E-state index contributed by atoms with van der Waals surface area (Å²) in [4.78, 5) is 9.09. The molecule has 7 heteroatoms. The number of rotatable bonds is 7. The molecule has 2 N–H and O–H groups in total. The molecule has 2 aromatic rings. The minimum Gasteiger partial charge on any atom is -0.373 e. The van der Waals surface area contributed by atoms with Gasteiger partial charge in [-0.2, -0.15) is 0 Å². The van der Waals surface area contributed by atoms with E-state index < -0.39 is 0 Å². The second-order valence-electron chi connectivity index (χ2n) is 4.55. The lowest BCUT2D eigenvalue weighted by Crippen LogP contribution is -2.15. The van der Waals surface area contributed by atoms with Crippen LogP contribution in [0, 0.1) is 6.92 Å². The van der Waals surface area contributed by atoms with E-state index in [0.29, 0.717) is 0 Å². The van der Waals surface area contributed by atoms with E-state index in [1.165, 1.54) is 0 Å². The number of aryl methyl sites for hydroxylation is 1. The highest BCUT2D eigenvalue weighted by molar-refractivity contribution is 5.56. The van der Waals surface area contributed by atoms with E-state index in [9.17, 15) is 0 Å². The molecule has 0 spiro atoms. The van der Waals surface area contributed by atoms with Crippen molar-refractivity contribution in [2.75, 3.05) is 24.2 Å². The first-order chi connectivity index (χ1) is 9.74. The third-order valence-corrected chi connectivity index (χ3v) is 3.01. The zero-order chi connectivity index (χ0) is 14.4. The van der Waals surface area contributed by atoms with E-state index in [2.05, 4.69) is 37.8 Å². The van der Waals surface area contributed by atoms with Crippen LogP contribution in [0.2, 0.25) is 0 Å². The summed E-state index contributed by atoms with van der Waals surface area (Å²) in [5, 5.41) is 14.2. The predicted octanol–water partition coefficient (Wildman–Crippen LogP) is 1.48. The lowest BCUT2D eigenvalue weighted by atomic mass is 10.2. The Hall–Kier alpha value is -2.18. The van der Waals surface area contributed by atoms with Crippen LogP contribution in [0.1, 0.15) is 24.7 Å². The molecule has 0 aliphatic carbocycles. The maximum absolute atomic E-state index is 4.58. The first-order valence-electron chi connectivity index (χ1n) is 6.87. The summed E-state index contributed by atoms with van der Waals surface area (Å²) >= 11 is 0. The van der Waals surface area contributed by atoms with Crippen LogP contribution < -0.4 is 10.6 Å². The van der Waals surface area contributed by atoms with Gasteiger partial charge in [0.15, 0.2) is 0 Å². The van der Waals surface area contributed by atoms with Crippen LogP contribution in [-0.4, -0.2) is 38.6 Å². The van der Waals surface area contributed by atoms with Crippen LogP contribution in [0.4, 0.5) is 11.6 Å². The Morgan fingerprint density at radius 2 is 2.05 bits per heavy atom. The van der Waals surface area contributed by atoms with E-state index >= 15 is 0 Å². The van der Waals surface area contributed by atoms with E-state index in [-0.39, 0.29) is 0 Å². The Balaban J connectivity index is 2.06. The van der Waals surface area contributed by atoms with Crippen molar-refractivity contribution in [3.63, 3.8) is 0 Å². The monoisotopic (exact) mass is 275 g/mol. The van der Waals surface area contributed by atoms with Gasteiger partial charge in [-0.1, -0.05) is 12.1 Å². The second kappa shape index (κ2) is 6.83. The van der Waals surface area contributed by atoms with Gasteiger partial charge in [0.1, 0.15) is 17.5 Å². The van der Waals surface area contributed by atoms with Gasteiger partial charge >= 0.3 is 0 Å². The fourth-order valence-electron chi connectivity index (χ4n) is 1.95. The zero-order valence-electron chi connectivity index (χ0n) is 12.2. The largest absolute Gasteiger partial charge is 0.373 e. The van der Waals surface area contributed by atoms with Gasteiger partial charge in [0.2, 0.25) is 0 Å². The highest BCUT2D eigenvalue weighted by atomic mass is 15.4. The number of hydrogen-bond donors (Lipinski definition) is 2. The Morgan fingerprint density at radius 3 is 2.70 bits per heavy atom. The van der Waals surface area contributed by atoms with Gasteiger partial charge in [-0.3, -0.25) is 4.68 Å². The van der Waals surface area contributed by atoms with Gasteiger partial charge in [0.05, 0.1) is 12.7 Å². The summed E-state index contributed by atoms with van der Waals surface area (Å²) in [6, 6.07) is 0. The molecule has 108 valence electrons. The first-order valence-corrected chi connectivity index (χ1v) is 6.87. The van der Waals surface area contributed by atoms with Crippen LogP contribution in [0.3, 0.4) is 0 Å². The Kier molecular flexibility index (Phi) is 4.86. The molecule has 0 fully saturated rings. The Morgan fingerprint density at radius 1 is 1.25 bits per heavy atom. The molecule has 0 unspecified atom stereocenters. The molecule has 2 rings (SSSR count). The number of nitrogens with zero attached hydrogens (tertiary/aromatic N) is 5. The lowest BCUT2D eigenvalue weighted by Gasteiger charge is -2.13. The first kappa shape index (κ1) is 14.2. The smallest absolute Gasteiger partial charge is 0.134 e. The van der Waals surface area contributed by atoms with Crippen molar-refractivity contribution in [1.29, 1.82) is 0 Å². The highest BCUT2D eigenvalue weighted by Gasteiger charge is 2.09. The summed E-state index contributed by atoms with van der Waals surface area (Å²) in [5.41, 5.74) is 1.03. The van der Waals surface area contributed by atoms with Crippen molar-refractivity contribution in [2.45, 2.75) is 33.2 Å². The lowest BCUT2D eigenvalue weighted by molar-refractivity contribution is 0.608. The van der Waals surface area contributed by atoms with E-state index in [1.54, 1.807) is 10.9 Å². The normalized spacial score (nSPS) is 10.6. The van der Waals surface area contributed by atoms with Crippen LogP contribution >= 0.6 is 0 Å². The van der Waals surface area contributed by atoms with Gasteiger partial charge in [-0.15, -0.1) is 5.10 Å². The summed E-state index contributed by atoms with van der Waals surface area (Å²) < 4.78 is 1.79. The van der Waals surface area contributed by atoms with Crippen LogP contribution in [-0.2, 0) is 13.0 Å². The Bertz CT molecular complexity index is 536. The molecule has 0 saturated carbocycles. The molecule has 0 aliphatic heterocycles. The number of nitrogens with one attached hydrogen (secondary N) is 2. The van der Waals surface area contributed by atoms with E-state index in [4.69, 9.17) is 0 Å². The molecule has 2 aromatic heterocycles.